The normalized spacial score (nSPS) is 19.8. The molecule has 0 aliphatic carbocycles. The number of hydrogen-bond donors (Lipinski definition) is 0. The van der Waals surface area contributed by atoms with Crippen LogP contribution in [0.25, 0.3) is 0 Å². The molecule has 10 heteroatoms. The van der Waals surface area contributed by atoms with Gasteiger partial charge in [-0.25, -0.2) is 8.42 Å². The summed E-state index contributed by atoms with van der Waals surface area (Å²) in [7, 11) is -3.67. The molecule has 9 nitrogen and oxygen atoms in total. The van der Waals surface area contributed by atoms with E-state index >= 15 is 0 Å². The van der Waals surface area contributed by atoms with Crippen LogP contribution in [0.1, 0.15) is 69.8 Å². The molecule has 210 valence electrons. The van der Waals surface area contributed by atoms with E-state index in [2.05, 4.69) is 14.8 Å². The van der Waals surface area contributed by atoms with E-state index in [9.17, 15) is 18.5 Å². The molecule has 3 aliphatic heterocycles. The Labute approximate surface area is 231 Å². The van der Waals surface area contributed by atoms with Gasteiger partial charge in [0.1, 0.15) is 4.90 Å². The second kappa shape index (κ2) is 12.5. The van der Waals surface area contributed by atoms with Gasteiger partial charge in [0, 0.05) is 68.9 Å². The lowest BCUT2D eigenvalue weighted by Gasteiger charge is -2.32. The van der Waals surface area contributed by atoms with Gasteiger partial charge in [0.25, 0.3) is 5.69 Å². The first-order valence-electron chi connectivity index (χ1n) is 14.4. The fourth-order valence-electron chi connectivity index (χ4n) is 5.93. The van der Waals surface area contributed by atoms with Crippen molar-refractivity contribution in [3.63, 3.8) is 0 Å². The molecule has 0 aromatic heterocycles. The van der Waals surface area contributed by atoms with Crippen LogP contribution in [0.5, 0.6) is 0 Å². The SMILES string of the molecule is O=[N+]([O-])c1ccc(N2CCCCCC2)c(C=Nc2ccc(N3CCCCC3)c(S(=O)(=O)N3CCCCC3)c2)c1. The van der Waals surface area contributed by atoms with Gasteiger partial charge in [-0.1, -0.05) is 19.3 Å². The smallest absolute Gasteiger partial charge is 0.270 e. The van der Waals surface area contributed by atoms with Crippen LogP contribution in [0, 0.1) is 10.1 Å². The average molecular weight is 554 g/mol. The molecule has 2 aromatic carbocycles. The number of aliphatic imine (C=N–C) groups is 1. The van der Waals surface area contributed by atoms with Crippen molar-refractivity contribution in [1.29, 1.82) is 0 Å². The summed E-state index contributed by atoms with van der Waals surface area (Å²) in [5, 5.41) is 11.5. The van der Waals surface area contributed by atoms with Crippen LogP contribution < -0.4 is 9.80 Å². The predicted molar refractivity (Wildman–Crippen MR) is 156 cm³/mol. The summed E-state index contributed by atoms with van der Waals surface area (Å²) in [5.74, 6) is 0. The summed E-state index contributed by atoms with van der Waals surface area (Å²) in [6, 6.07) is 10.4. The van der Waals surface area contributed by atoms with E-state index in [1.54, 1.807) is 28.7 Å². The molecule has 5 rings (SSSR count). The van der Waals surface area contributed by atoms with Crippen molar-refractivity contribution < 1.29 is 13.3 Å². The van der Waals surface area contributed by atoms with Gasteiger partial charge >= 0.3 is 0 Å². The topological polar surface area (TPSA) is 99.4 Å². The monoisotopic (exact) mass is 553 g/mol. The third-order valence-electron chi connectivity index (χ3n) is 8.09. The van der Waals surface area contributed by atoms with E-state index in [4.69, 9.17) is 0 Å². The molecule has 0 spiro atoms. The van der Waals surface area contributed by atoms with E-state index < -0.39 is 10.0 Å². The van der Waals surface area contributed by atoms with Crippen molar-refractivity contribution in [2.75, 3.05) is 49.1 Å². The molecule has 3 saturated heterocycles. The van der Waals surface area contributed by atoms with Gasteiger partial charge in [-0.15, -0.1) is 0 Å². The summed E-state index contributed by atoms with van der Waals surface area (Å²) < 4.78 is 29.3. The highest BCUT2D eigenvalue weighted by Crippen LogP contribution is 2.35. The van der Waals surface area contributed by atoms with E-state index in [1.165, 1.54) is 12.8 Å². The number of piperidine rings is 2. The van der Waals surface area contributed by atoms with Gasteiger partial charge in [-0.2, -0.15) is 4.31 Å². The molecule has 0 bridgehead atoms. The largest absolute Gasteiger partial charge is 0.371 e. The van der Waals surface area contributed by atoms with Crippen LogP contribution in [0.4, 0.5) is 22.7 Å². The maximum atomic E-state index is 13.9. The second-order valence-electron chi connectivity index (χ2n) is 10.8. The van der Waals surface area contributed by atoms with E-state index in [0.717, 1.165) is 88.9 Å². The zero-order valence-electron chi connectivity index (χ0n) is 22.6. The highest BCUT2D eigenvalue weighted by Gasteiger charge is 2.30. The molecule has 3 aliphatic rings. The number of rotatable bonds is 7. The van der Waals surface area contributed by atoms with Gasteiger partial charge < -0.3 is 9.80 Å². The molecule has 0 radical (unpaired) electrons. The molecular formula is C29H39N5O4S. The third kappa shape index (κ3) is 6.44. The van der Waals surface area contributed by atoms with Crippen molar-refractivity contribution in [3.05, 3.63) is 52.1 Å². The Morgan fingerprint density at radius 3 is 1.87 bits per heavy atom. The molecular weight excluding hydrogens is 514 g/mol. The Morgan fingerprint density at radius 1 is 0.718 bits per heavy atom. The first-order valence-corrected chi connectivity index (χ1v) is 15.8. The Bertz CT molecular complexity index is 1290. The molecule has 0 amide bonds. The minimum absolute atomic E-state index is 0.0174. The van der Waals surface area contributed by atoms with Gasteiger partial charge in [-0.3, -0.25) is 15.1 Å². The van der Waals surface area contributed by atoms with Crippen LogP contribution in [-0.2, 0) is 10.0 Å². The molecule has 39 heavy (non-hydrogen) atoms. The highest BCUT2D eigenvalue weighted by molar-refractivity contribution is 7.89. The van der Waals surface area contributed by atoms with Gasteiger partial charge in [0.2, 0.25) is 10.0 Å². The van der Waals surface area contributed by atoms with Crippen LogP contribution in [0.2, 0.25) is 0 Å². The first-order chi connectivity index (χ1) is 18.9. The Hall–Kier alpha value is -2.98. The van der Waals surface area contributed by atoms with Gasteiger partial charge in [0.05, 0.1) is 16.3 Å². The number of anilines is 2. The Morgan fingerprint density at radius 2 is 1.26 bits per heavy atom. The number of benzene rings is 2. The average Bonchev–Trinajstić information content (AvgIpc) is 3.26. The maximum absolute atomic E-state index is 13.9. The zero-order chi connectivity index (χ0) is 27.2. The lowest BCUT2D eigenvalue weighted by molar-refractivity contribution is -0.384. The summed E-state index contributed by atoms with van der Waals surface area (Å²) >= 11 is 0. The first kappa shape index (κ1) is 27.6. The minimum atomic E-state index is -3.67. The third-order valence-corrected chi connectivity index (χ3v) is 10.0. The minimum Gasteiger partial charge on any atom is -0.371 e. The maximum Gasteiger partial charge on any atom is 0.270 e. The van der Waals surface area contributed by atoms with E-state index in [0.29, 0.717) is 29.2 Å². The standard InChI is InChI=1S/C29H39N5O4S/c35-34(36)26-12-14-27(31-15-5-1-2-6-16-31)24(21-26)23-30-25-11-13-28(32-17-7-3-8-18-32)29(22-25)39(37,38)33-19-9-4-10-20-33/h11-14,21-23H,1-10,15-20H2. The van der Waals surface area contributed by atoms with Crippen molar-refractivity contribution in [1.82, 2.24) is 4.31 Å². The molecule has 0 atom stereocenters. The molecule has 2 aromatic rings. The number of sulfonamides is 1. The van der Waals surface area contributed by atoms with Crippen LogP contribution in [-0.4, -0.2) is 63.1 Å². The summed E-state index contributed by atoms with van der Waals surface area (Å²) in [6.45, 7) is 4.59. The Kier molecular flexibility index (Phi) is 8.82. The highest BCUT2D eigenvalue weighted by atomic mass is 32.2. The lowest BCUT2D eigenvalue weighted by atomic mass is 10.1. The van der Waals surface area contributed by atoms with E-state index in [-0.39, 0.29) is 10.6 Å². The molecule has 3 heterocycles. The van der Waals surface area contributed by atoms with Crippen LogP contribution in [0.3, 0.4) is 0 Å². The van der Waals surface area contributed by atoms with Gasteiger partial charge in [-0.05, 0) is 69.2 Å². The van der Waals surface area contributed by atoms with Crippen molar-refractivity contribution in [3.8, 4) is 0 Å². The summed E-state index contributed by atoms with van der Waals surface area (Å²) in [6.07, 6.45) is 12.3. The summed E-state index contributed by atoms with van der Waals surface area (Å²) in [4.78, 5) is 20.6. The fourth-order valence-corrected chi connectivity index (χ4v) is 7.68. The van der Waals surface area contributed by atoms with Crippen molar-refractivity contribution in [2.45, 2.75) is 69.1 Å². The predicted octanol–water partition coefficient (Wildman–Crippen LogP) is 5.89. The number of nitro groups is 1. The van der Waals surface area contributed by atoms with Gasteiger partial charge in [0.15, 0.2) is 0 Å². The van der Waals surface area contributed by atoms with E-state index in [1.807, 2.05) is 18.2 Å². The molecule has 0 unspecified atom stereocenters. The molecule has 0 N–H and O–H groups in total. The Balaban J connectivity index is 1.52. The second-order valence-corrected chi connectivity index (χ2v) is 12.7. The van der Waals surface area contributed by atoms with Crippen LogP contribution in [0.15, 0.2) is 46.3 Å². The molecule has 0 saturated carbocycles. The van der Waals surface area contributed by atoms with Crippen molar-refractivity contribution >= 4 is 39.0 Å². The quantitative estimate of drug-likeness (QED) is 0.241. The fraction of sp³-hybridized carbons (Fsp3) is 0.552. The van der Waals surface area contributed by atoms with Crippen LogP contribution >= 0.6 is 0 Å². The summed E-state index contributed by atoms with van der Waals surface area (Å²) in [5.41, 5.74) is 2.90. The number of hydrogen-bond acceptors (Lipinski definition) is 7. The zero-order valence-corrected chi connectivity index (χ0v) is 23.4. The number of non-ortho nitro benzene ring substituents is 1. The lowest BCUT2D eigenvalue weighted by Crippen LogP contribution is -2.37. The number of nitrogens with zero attached hydrogens (tertiary/aromatic N) is 5. The van der Waals surface area contributed by atoms with Crippen molar-refractivity contribution in [2.24, 2.45) is 4.99 Å². The molecule has 3 fully saturated rings. The number of nitro benzene ring substituents is 1.